The van der Waals surface area contributed by atoms with Gasteiger partial charge in [-0.1, -0.05) is 240 Å². The van der Waals surface area contributed by atoms with Crippen LogP contribution in [-0.4, -0.2) is 24.0 Å². The largest absolute Gasteiger partial charge is 0.461 e. The van der Waals surface area contributed by atoms with Gasteiger partial charge in [-0.25, -0.2) is 9.19 Å². The van der Waals surface area contributed by atoms with E-state index in [1.165, 1.54) is 256 Å². The summed E-state index contributed by atoms with van der Waals surface area (Å²) in [5, 5.41) is 20.1. The van der Waals surface area contributed by atoms with Gasteiger partial charge in [0, 0.05) is 69.7 Å². The van der Waals surface area contributed by atoms with Crippen LogP contribution < -0.4 is 0 Å². The van der Waals surface area contributed by atoms with Crippen molar-refractivity contribution in [1.29, 1.82) is 10.7 Å². The molecule has 0 aliphatic heterocycles. The minimum atomic E-state index is -0.509. The van der Waals surface area contributed by atoms with E-state index in [0.29, 0.717) is 23.9 Å². The molecule has 518 valence electrons. The maximum Gasteiger partial charge on any atom is 0.348 e. The van der Waals surface area contributed by atoms with Crippen molar-refractivity contribution in [3.63, 3.8) is 0 Å². The second kappa shape index (κ2) is 44.3. The van der Waals surface area contributed by atoms with E-state index in [1.54, 1.807) is 17.4 Å². The number of carbonyl (C=O) groups excluding carboxylic acids is 1. The molecule has 6 heterocycles. The van der Waals surface area contributed by atoms with Crippen LogP contribution in [0, 0.1) is 29.6 Å². The number of rotatable bonds is 49. The van der Waals surface area contributed by atoms with Crippen LogP contribution in [0.1, 0.15) is 314 Å². The highest BCUT2D eigenvalue weighted by molar-refractivity contribution is 7.79. The summed E-state index contributed by atoms with van der Waals surface area (Å²) in [4.78, 5) is 29.0. The van der Waals surface area contributed by atoms with Crippen molar-refractivity contribution in [3.05, 3.63) is 108 Å². The fraction of sp³-hybridized carbons (Fsp3) is 0.590. The summed E-state index contributed by atoms with van der Waals surface area (Å²) in [5.41, 5.74) is 10.2. The van der Waals surface area contributed by atoms with Crippen LogP contribution in [0.2, 0.25) is 0 Å². The number of esters is 1. The number of unbranched alkanes of at least 4 members (excludes halogenated alkanes) is 26. The Bertz CT molecular complexity index is 3430. The Morgan fingerprint density at radius 3 is 1.32 bits per heavy atom. The highest BCUT2D eigenvalue weighted by atomic mass is 32.1. The first-order chi connectivity index (χ1) is 46.5. The molecule has 0 saturated carbocycles. The molecule has 1 atom stereocenters. The minimum absolute atomic E-state index is 0.0835. The Balaban J connectivity index is 1.27. The number of hydrogen-bond donors (Lipinski definition) is 2. The summed E-state index contributed by atoms with van der Waals surface area (Å²) in [7, 11) is 0. The highest BCUT2D eigenvalue weighted by Crippen LogP contribution is 2.51. The molecule has 6 aromatic heterocycles. The molecule has 7 rings (SSSR count). The van der Waals surface area contributed by atoms with Gasteiger partial charge in [-0.15, -0.1) is 68.0 Å². The molecule has 95 heavy (non-hydrogen) atoms. The molecule has 0 spiro atoms. The lowest BCUT2D eigenvalue weighted by molar-refractivity contribution is -0.139. The van der Waals surface area contributed by atoms with Crippen LogP contribution in [0.25, 0.3) is 56.2 Å². The van der Waals surface area contributed by atoms with Crippen LogP contribution >= 0.6 is 80.8 Å². The van der Waals surface area contributed by atoms with Gasteiger partial charge >= 0.3 is 5.97 Å². The van der Waals surface area contributed by atoms with Crippen molar-refractivity contribution in [2.75, 3.05) is 6.61 Å². The lowest BCUT2D eigenvalue weighted by atomic mass is 9.91. The molecular weight excluding hydrogens is 1300 g/mol. The van der Waals surface area contributed by atoms with Gasteiger partial charge in [0.15, 0.2) is 0 Å². The number of hydrogen-bond acceptors (Lipinski definition) is 12. The van der Waals surface area contributed by atoms with Crippen LogP contribution in [-0.2, 0) is 41.6 Å². The number of nitrogens with one attached hydrogen (secondary N) is 1. The molecule has 1 N–H and O–H groups in total. The third-order valence-corrected chi connectivity index (χ3v) is 27.0. The monoisotopic (exact) mass is 1410 g/mol. The quantitative estimate of drug-likeness (QED) is 0.00996. The van der Waals surface area contributed by atoms with Gasteiger partial charge in [0.25, 0.3) is 0 Å². The molecule has 0 radical (unpaired) electrons. The molecule has 12 heteroatoms. The van der Waals surface area contributed by atoms with Crippen molar-refractivity contribution < 1.29 is 9.53 Å². The average molecular weight is 1410 g/mol. The summed E-state index contributed by atoms with van der Waals surface area (Å²) in [6.45, 7) is 18.4. The van der Waals surface area contributed by atoms with Crippen molar-refractivity contribution in [3.8, 4) is 45.1 Å². The second-order valence-corrected chi connectivity index (χ2v) is 33.8. The van der Waals surface area contributed by atoms with E-state index in [-0.39, 0.29) is 5.57 Å². The Labute approximate surface area is 606 Å². The van der Waals surface area contributed by atoms with Gasteiger partial charge in [0.05, 0.1) is 12.3 Å². The third-order valence-electron chi connectivity index (χ3n) is 19.2. The molecule has 1 aliphatic carbocycles. The van der Waals surface area contributed by atoms with Gasteiger partial charge in [-0.05, 0) is 173 Å². The van der Waals surface area contributed by atoms with Gasteiger partial charge < -0.3 is 4.74 Å². The van der Waals surface area contributed by atoms with Crippen LogP contribution in [0.15, 0.2) is 64.6 Å². The average Bonchev–Trinajstić information content (AvgIpc) is 1.66. The standard InChI is InChI=1S/C83H117N3O2S7/c1-9-16-22-27-32-37-43-62-54-73(90-60(62)8)69-48-49-70(78(86-89)77(69)85)74-55-64(45-39-34-29-24-18-11-3)82(93-74)76-57-66(47-41-36-31-26-20-13-5)80(95-76)72-51-50-71(92-72)79-65(46-40-35-30-25-19-12-4)56-75(94-79)81-63(44-38-33-28-23-17-10-2)52-68(91-81)53-67(58-84)83(87)88-59-61(15-7)42-21-14-6/h48-57,61,85,89H,9-47,59H2,1-8H3/b67-53+,85-77?,86-78?. The molecule has 0 amide bonds. The number of thiol groups is 1. The molecule has 0 fully saturated rings. The number of carbonyl (C=O) groups is 1. The Hall–Kier alpha value is -3.93. The first-order valence-electron chi connectivity index (χ1n) is 37.8. The van der Waals surface area contributed by atoms with Crippen molar-refractivity contribution >= 4 is 115 Å². The number of allylic oxidation sites excluding steroid dienone is 4. The van der Waals surface area contributed by atoms with E-state index in [0.717, 1.165) is 91.5 Å². The van der Waals surface area contributed by atoms with E-state index < -0.39 is 5.97 Å². The number of ether oxygens (including phenoxy) is 1. The fourth-order valence-corrected chi connectivity index (χ4v) is 20.9. The number of aryl methyl sites for hydroxylation is 6. The summed E-state index contributed by atoms with van der Waals surface area (Å²) < 4.78 is 10.5. The first kappa shape index (κ1) is 78.4. The molecule has 1 unspecified atom stereocenters. The predicted octanol–water partition coefficient (Wildman–Crippen LogP) is 29.0. The van der Waals surface area contributed by atoms with E-state index in [2.05, 4.69) is 133 Å². The van der Waals surface area contributed by atoms with Gasteiger partial charge in [0.2, 0.25) is 0 Å². The molecule has 1 aliphatic rings. The van der Waals surface area contributed by atoms with Crippen molar-refractivity contribution in [1.82, 2.24) is 0 Å². The van der Waals surface area contributed by atoms with Crippen molar-refractivity contribution in [2.24, 2.45) is 10.3 Å². The number of nitrogens with zero attached hydrogens (tertiary/aromatic N) is 2. The second-order valence-electron chi connectivity index (χ2n) is 27.0. The van der Waals surface area contributed by atoms with Gasteiger partial charge in [0.1, 0.15) is 17.4 Å². The van der Waals surface area contributed by atoms with Crippen molar-refractivity contribution in [2.45, 2.75) is 306 Å². The van der Waals surface area contributed by atoms with Gasteiger partial charge in [-0.2, -0.15) is 5.26 Å². The smallest absolute Gasteiger partial charge is 0.348 e. The van der Waals surface area contributed by atoms with Crippen LogP contribution in [0.4, 0.5) is 0 Å². The number of nitriles is 1. The predicted molar refractivity (Wildman–Crippen MR) is 430 cm³/mol. The lowest BCUT2D eigenvalue weighted by Crippen LogP contribution is -2.18. The van der Waals surface area contributed by atoms with E-state index in [9.17, 15) is 15.5 Å². The topological polar surface area (TPSA) is 86.3 Å². The Morgan fingerprint density at radius 1 is 0.484 bits per heavy atom. The maximum absolute atomic E-state index is 13.6. The number of thiophene rings is 6. The molecule has 0 saturated heterocycles. The normalized spacial score (nSPS) is 13.5. The summed E-state index contributed by atoms with van der Waals surface area (Å²) in [6, 6.07) is 19.3. The van der Waals surface area contributed by atoms with E-state index >= 15 is 0 Å². The third kappa shape index (κ3) is 24.4. The molecule has 0 bridgehead atoms. The SMILES string of the molecule is CCCCCCCCc1cc(C2=CC=C(c3cc(CCCCCCCC)c(-c4cc(CCCCCCCC)c(-c5ccc(-c6sc(-c7sc(/C=C(\C#N)C(=O)OCC(CC)CCCC)cc7CCCCCCCC)cc6CCCCCCCC)s5)s4)s3)C(=NS)C2=N)sc1C. The maximum atomic E-state index is 13.6. The van der Waals surface area contributed by atoms with E-state index in [4.69, 9.17) is 4.74 Å². The Kier molecular flexibility index (Phi) is 36.5. The van der Waals surface area contributed by atoms with Crippen LogP contribution in [0.5, 0.6) is 0 Å². The Morgan fingerprint density at radius 2 is 0.863 bits per heavy atom. The zero-order valence-electron chi connectivity index (χ0n) is 59.7. The zero-order valence-corrected chi connectivity index (χ0v) is 65.5. The molecule has 6 aromatic rings. The molecule has 5 nitrogen and oxygen atoms in total. The highest BCUT2D eigenvalue weighted by Gasteiger charge is 2.28. The lowest BCUT2D eigenvalue weighted by Gasteiger charge is -2.16. The summed E-state index contributed by atoms with van der Waals surface area (Å²) >= 11 is 16.0. The summed E-state index contributed by atoms with van der Waals surface area (Å²) in [6.07, 6.45) is 53.5. The van der Waals surface area contributed by atoms with E-state index in [1.807, 2.05) is 56.7 Å². The molecule has 0 aromatic carbocycles. The summed E-state index contributed by atoms with van der Waals surface area (Å²) in [5.74, 6) is -0.199. The van der Waals surface area contributed by atoms with Crippen LogP contribution in [0.3, 0.4) is 0 Å². The fourth-order valence-electron chi connectivity index (χ4n) is 13.3. The minimum Gasteiger partial charge on any atom is -0.461 e. The molecular formula is C83H117N3O2S7. The first-order valence-corrected chi connectivity index (χ1v) is 43.1. The zero-order chi connectivity index (χ0) is 67.6. The van der Waals surface area contributed by atoms with Gasteiger partial charge in [-0.3, -0.25) is 5.41 Å².